The Kier molecular flexibility index (Phi) is 9.79. The summed E-state index contributed by atoms with van der Waals surface area (Å²) in [6, 6.07) is 10.5. The summed E-state index contributed by atoms with van der Waals surface area (Å²) < 4.78 is 25.0. The predicted octanol–water partition coefficient (Wildman–Crippen LogP) is 1.26. The molecule has 0 aliphatic carbocycles. The minimum absolute atomic E-state index is 0.496. The Bertz CT molecular complexity index is 811. The molecule has 0 unspecified atom stereocenters. The van der Waals surface area contributed by atoms with Crippen molar-refractivity contribution in [3.8, 4) is 5.75 Å². The van der Waals surface area contributed by atoms with E-state index in [0.717, 1.165) is 42.2 Å². The Morgan fingerprint density at radius 1 is 0.871 bits per heavy atom. The molecule has 2 heterocycles. The summed E-state index contributed by atoms with van der Waals surface area (Å²) in [6.07, 6.45) is 8.39. The summed E-state index contributed by atoms with van der Waals surface area (Å²) in [5.41, 5.74) is 7.18. The molecule has 1 aliphatic rings. The van der Waals surface area contributed by atoms with E-state index in [2.05, 4.69) is 77.1 Å². The molecule has 168 valence electrons. The lowest BCUT2D eigenvalue weighted by Gasteiger charge is -2.22. The molecule has 0 saturated heterocycles. The zero-order chi connectivity index (χ0) is 21.7. The van der Waals surface area contributed by atoms with Gasteiger partial charge in [0.2, 0.25) is 0 Å². The number of quaternary nitrogens is 1. The Labute approximate surface area is 185 Å². The molecule has 7 heteroatoms. The van der Waals surface area contributed by atoms with Crippen LogP contribution >= 0.6 is 0 Å². The second kappa shape index (κ2) is 13.1. The van der Waals surface area contributed by atoms with Gasteiger partial charge in [0.05, 0.1) is 45.3 Å². The molecular weight excluding hydrogens is 394 g/mol. The van der Waals surface area contributed by atoms with Crippen LogP contribution in [0.3, 0.4) is 0 Å². The highest BCUT2D eigenvalue weighted by atomic mass is 16.6. The molecule has 1 aliphatic heterocycles. The van der Waals surface area contributed by atoms with Crippen molar-refractivity contribution in [2.75, 3.05) is 71.3 Å². The van der Waals surface area contributed by atoms with E-state index in [4.69, 9.17) is 18.9 Å². The van der Waals surface area contributed by atoms with Crippen molar-refractivity contribution in [3.05, 3.63) is 53.9 Å². The van der Waals surface area contributed by atoms with Crippen LogP contribution in [0.15, 0.2) is 42.7 Å². The van der Waals surface area contributed by atoms with Gasteiger partial charge in [0.15, 0.2) is 18.9 Å². The third kappa shape index (κ3) is 7.95. The van der Waals surface area contributed by atoms with Crippen molar-refractivity contribution < 1.29 is 29.2 Å². The number of hydrogen-bond acceptors (Lipinski definition) is 5. The normalized spacial score (nSPS) is 16.9. The zero-order valence-electron chi connectivity index (χ0n) is 18.5. The first-order valence-electron chi connectivity index (χ1n) is 10.9. The van der Waals surface area contributed by atoms with E-state index in [9.17, 15) is 0 Å². The van der Waals surface area contributed by atoms with E-state index in [1.54, 1.807) is 0 Å². The Hall–Kier alpha value is -2.45. The van der Waals surface area contributed by atoms with E-state index in [1.165, 1.54) is 0 Å². The van der Waals surface area contributed by atoms with Gasteiger partial charge >= 0.3 is 0 Å². The van der Waals surface area contributed by atoms with Crippen molar-refractivity contribution in [2.45, 2.75) is 6.54 Å². The molecule has 1 aromatic heterocycles. The van der Waals surface area contributed by atoms with Gasteiger partial charge in [0, 0.05) is 25.7 Å². The Morgan fingerprint density at radius 2 is 1.52 bits per heavy atom. The maximum atomic E-state index is 6.08. The van der Waals surface area contributed by atoms with E-state index in [1.807, 2.05) is 0 Å². The second-order valence-electron chi connectivity index (χ2n) is 7.39. The summed E-state index contributed by atoms with van der Waals surface area (Å²) in [4.78, 5) is 2.16. The van der Waals surface area contributed by atoms with Gasteiger partial charge < -0.3 is 29.6 Å². The monoisotopic (exact) mass is 429 g/mol. The van der Waals surface area contributed by atoms with Crippen LogP contribution in [0, 0.1) is 0 Å². The summed E-state index contributed by atoms with van der Waals surface area (Å²) in [5.74, 6) is 0.848. The van der Waals surface area contributed by atoms with Crippen LogP contribution in [-0.4, -0.2) is 66.4 Å². The molecular formula is C24H35N3O4+2. The summed E-state index contributed by atoms with van der Waals surface area (Å²) in [7, 11) is 2.05. The molecule has 3 N–H and O–H groups in total. The summed E-state index contributed by atoms with van der Waals surface area (Å²) in [5, 5.41) is 0. The summed E-state index contributed by atoms with van der Waals surface area (Å²) in [6.45, 7) is 6.57. The molecule has 0 radical (unpaired) electrons. The second-order valence-corrected chi connectivity index (χ2v) is 7.39. The SMILES string of the molecule is CN1CCOCCOCCOCCOc2cc(C=Cc3cc[n+](CC[NH3+])cc3)ccc21. The first kappa shape index (κ1) is 23.2. The minimum atomic E-state index is 0.496. The third-order valence-corrected chi connectivity index (χ3v) is 5.00. The molecule has 0 fully saturated rings. The van der Waals surface area contributed by atoms with Crippen LogP contribution in [0.1, 0.15) is 11.1 Å². The maximum absolute atomic E-state index is 6.08. The number of hydrogen-bond donors (Lipinski definition) is 1. The smallest absolute Gasteiger partial charge is 0.196 e. The Balaban J connectivity index is 1.71. The number of fused-ring (bicyclic) bond motifs is 1. The molecule has 3 rings (SSSR count). The molecule has 0 bridgehead atoms. The van der Waals surface area contributed by atoms with Gasteiger partial charge in [-0.3, -0.25) is 0 Å². The van der Waals surface area contributed by atoms with Crippen molar-refractivity contribution in [1.29, 1.82) is 0 Å². The van der Waals surface area contributed by atoms with Crippen LogP contribution in [0.2, 0.25) is 0 Å². The number of rotatable bonds is 4. The number of pyridine rings is 1. The van der Waals surface area contributed by atoms with Gasteiger partial charge in [-0.25, -0.2) is 0 Å². The number of likely N-dealkylation sites (N-methyl/N-ethyl adjacent to an activating group) is 1. The lowest BCUT2D eigenvalue weighted by atomic mass is 10.1. The fourth-order valence-electron chi connectivity index (χ4n) is 3.24. The van der Waals surface area contributed by atoms with Crippen molar-refractivity contribution >= 4 is 17.8 Å². The lowest BCUT2D eigenvalue weighted by Crippen LogP contribution is -2.56. The van der Waals surface area contributed by atoms with Crippen LogP contribution in [-0.2, 0) is 20.8 Å². The topological polar surface area (TPSA) is 71.7 Å². The Morgan fingerprint density at radius 3 is 2.23 bits per heavy atom. The molecule has 2 aromatic rings. The van der Waals surface area contributed by atoms with Crippen molar-refractivity contribution in [2.24, 2.45) is 0 Å². The van der Waals surface area contributed by atoms with Gasteiger partial charge in [0.25, 0.3) is 0 Å². The van der Waals surface area contributed by atoms with Crippen LogP contribution in [0.4, 0.5) is 5.69 Å². The highest BCUT2D eigenvalue weighted by molar-refractivity contribution is 5.72. The van der Waals surface area contributed by atoms with E-state index in [-0.39, 0.29) is 0 Å². The number of benzene rings is 1. The number of ether oxygens (including phenoxy) is 4. The third-order valence-electron chi connectivity index (χ3n) is 5.00. The highest BCUT2D eigenvalue weighted by Crippen LogP contribution is 2.29. The van der Waals surface area contributed by atoms with Gasteiger partial charge in [0.1, 0.15) is 18.9 Å². The quantitative estimate of drug-likeness (QED) is 0.741. The van der Waals surface area contributed by atoms with Gasteiger partial charge in [-0.15, -0.1) is 0 Å². The average Bonchev–Trinajstić information content (AvgIpc) is 2.79. The maximum Gasteiger partial charge on any atom is 0.196 e. The summed E-state index contributed by atoms with van der Waals surface area (Å²) >= 11 is 0. The number of nitrogens with zero attached hydrogens (tertiary/aromatic N) is 2. The largest absolute Gasteiger partial charge is 0.489 e. The van der Waals surface area contributed by atoms with Crippen LogP contribution < -0.4 is 19.9 Å². The van der Waals surface area contributed by atoms with Crippen LogP contribution in [0.5, 0.6) is 5.75 Å². The van der Waals surface area contributed by atoms with E-state index < -0.39 is 0 Å². The molecule has 31 heavy (non-hydrogen) atoms. The molecule has 0 amide bonds. The predicted molar refractivity (Wildman–Crippen MR) is 121 cm³/mol. The first-order chi connectivity index (χ1) is 15.3. The molecule has 0 atom stereocenters. The fourth-order valence-corrected chi connectivity index (χ4v) is 3.24. The molecule has 1 aromatic carbocycles. The van der Waals surface area contributed by atoms with Crippen LogP contribution in [0.25, 0.3) is 12.2 Å². The first-order valence-corrected chi connectivity index (χ1v) is 10.9. The average molecular weight is 430 g/mol. The minimum Gasteiger partial charge on any atom is -0.489 e. The highest BCUT2D eigenvalue weighted by Gasteiger charge is 2.10. The van der Waals surface area contributed by atoms with E-state index in [0.29, 0.717) is 46.2 Å². The molecule has 7 nitrogen and oxygen atoms in total. The number of anilines is 1. The van der Waals surface area contributed by atoms with Crippen molar-refractivity contribution in [1.82, 2.24) is 0 Å². The zero-order valence-corrected chi connectivity index (χ0v) is 18.5. The van der Waals surface area contributed by atoms with Gasteiger partial charge in [-0.1, -0.05) is 18.2 Å². The molecule has 0 saturated carbocycles. The van der Waals surface area contributed by atoms with Gasteiger partial charge in [-0.05, 0) is 23.3 Å². The van der Waals surface area contributed by atoms with Crippen molar-refractivity contribution in [3.63, 3.8) is 0 Å². The fraction of sp³-hybridized carbons (Fsp3) is 0.458. The number of aromatic nitrogens is 1. The van der Waals surface area contributed by atoms with E-state index >= 15 is 0 Å². The van der Waals surface area contributed by atoms with Gasteiger partial charge in [-0.2, -0.15) is 4.57 Å². The standard InChI is InChI=1S/C24H34N3O4/c1-26-12-13-28-14-15-29-16-17-30-18-19-31-24-20-22(4-5-23(24)26)3-2-21-6-9-27(10-7-21)11-8-25/h2-7,9-10,20H,8,11-19,25H2,1H3/q+1/p+1. The molecule has 0 spiro atoms. The lowest BCUT2D eigenvalue weighted by molar-refractivity contribution is -0.711.